The number of H-pyrrole nitrogens is 1. The third kappa shape index (κ3) is 4.22. The lowest BCUT2D eigenvalue weighted by Gasteiger charge is -2.09. The molecule has 2 heterocycles. The highest BCUT2D eigenvalue weighted by atomic mass is 32.2. The van der Waals surface area contributed by atoms with Gasteiger partial charge in [0.05, 0.1) is 18.4 Å². The molecular formula is C19H21N5O2S. The lowest BCUT2D eigenvalue weighted by atomic mass is 10.1. The van der Waals surface area contributed by atoms with E-state index >= 15 is 0 Å². The van der Waals surface area contributed by atoms with Crippen molar-refractivity contribution in [3.63, 3.8) is 0 Å². The quantitative estimate of drug-likeness (QED) is 0.391. The van der Waals surface area contributed by atoms with Gasteiger partial charge in [-0.15, -0.1) is 0 Å². The molecule has 0 atom stereocenters. The standard InChI is InChI=1S/C19H21N5O2S/c1-4-27-24-14-7-5-13(6-8-14)18-15(11-25)19(23-22-18)21-16-9-17(26-3)20-10-12(16)2/h5-11,24H,4H2,1-3H3,(H2,20,21,22,23). The monoisotopic (exact) mass is 383 g/mol. The largest absolute Gasteiger partial charge is 0.481 e. The van der Waals surface area contributed by atoms with Crippen LogP contribution < -0.4 is 14.8 Å². The maximum atomic E-state index is 11.7. The highest BCUT2D eigenvalue weighted by Gasteiger charge is 2.15. The van der Waals surface area contributed by atoms with Gasteiger partial charge in [-0.2, -0.15) is 5.10 Å². The zero-order valence-corrected chi connectivity index (χ0v) is 16.2. The van der Waals surface area contributed by atoms with Crippen LogP contribution in [0.15, 0.2) is 36.5 Å². The fourth-order valence-electron chi connectivity index (χ4n) is 2.52. The van der Waals surface area contributed by atoms with E-state index in [1.54, 1.807) is 31.3 Å². The molecule has 0 saturated heterocycles. The van der Waals surface area contributed by atoms with Crippen molar-refractivity contribution in [2.75, 3.05) is 22.9 Å². The zero-order chi connectivity index (χ0) is 19.2. The number of aromatic amines is 1. The molecule has 27 heavy (non-hydrogen) atoms. The summed E-state index contributed by atoms with van der Waals surface area (Å²) in [5.41, 5.74) is 4.72. The lowest BCUT2D eigenvalue weighted by Crippen LogP contribution is -1.99. The molecule has 3 rings (SSSR count). The first kappa shape index (κ1) is 18.8. The molecule has 0 radical (unpaired) electrons. The Morgan fingerprint density at radius 3 is 2.74 bits per heavy atom. The molecule has 0 saturated carbocycles. The van der Waals surface area contributed by atoms with Crippen LogP contribution in [0.3, 0.4) is 0 Å². The molecule has 2 aromatic heterocycles. The summed E-state index contributed by atoms with van der Waals surface area (Å²) in [4.78, 5) is 15.9. The Morgan fingerprint density at radius 1 is 1.30 bits per heavy atom. The average molecular weight is 383 g/mol. The van der Waals surface area contributed by atoms with Gasteiger partial charge in [0.25, 0.3) is 0 Å². The van der Waals surface area contributed by atoms with Crippen LogP contribution in [0.4, 0.5) is 17.2 Å². The Labute approximate surface area is 162 Å². The molecule has 0 aliphatic rings. The van der Waals surface area contributed by atoms with Gasteiger partial charge in [0, 0.05) is 35.0 Å². The number of hydrogen-bond acceptors (Lipinski definition) is 7. The van der Waals surface area contributed by atoms with Crippen LogP contribution >= 0.6 is 11.9 Å². The Morgan fingerprint density at radius 2 is 2.07 bits per heavy atom. The summed E-state index contributed by atoms with van der Waals surface area (Å²) in [6.07, 6.45) is 2.50. The first-order chi connectivity index (χ1) is 13.2. The summed E-state index contributed by atoms with van der Waals surface area (Å²) in [5, 5.41) is 10.4. The fraction of sp³-hybridized carbons (Fsp3) is 0.211. The van der Waals surface area contributed by atoms with Crippen LogP contribution in [0.1, 0.15) is 22.8 Å². The van der Waals surface area contributed by atoms with E-state index in [0.29, 0.717) is 23.0 Å². The van der Waals surface area contributed by atoms with Gasteiger partial charge in [-0.05, 0) is 24.6 Å². The minimum atomic E-state index is 0.458. The number of pyridine rings is 1. The molecule has 0 aliphatic carbocycles. The van der Waals surface area contributed by atoms with Crippen molar-refractivity contribution in [1.82, 2.24) is 15.2 Å². The normalized spacial score (nSPS) is 10.5. The van der Waals surface area contributed by atoms with Gasteiger partial charge in [-0.3, -0.25) is 9.89 Å². The van der Waals surface area contributed by atoms with Gasteiger partial charge in [-0.1, -0.05) is 31.0 Å². The third-order valence-corrected chi connectivity index (χ3v) is 4.64. The molecule has 0 aliphatic heterocycles. The topological polar surface area (TPSA) is 91.9 Å². The van der Waals surface area contributed by atoms with Crippen LogP contribution in [0.25, 0.3) is 11.3 Å². The number of aldehydes is 1. The number of methoxy groups -OCH3 is 1. The summed E-state index contributed by atoms with van der Waals surface area (Å²) in [6, 6.07) is 9.61. The van der Waals surface area contributed by atoms with Crippen LogP contribution in [0, 0.1) is 6.92 Å². The van der Waals surface area contributed by atoms with Gasteiger partial charge in [-0.25, -0.2) is 4.98 Å². The summed E-state index contributed by atoms with van der Waals surface area (Å²) >= 11 is 1.63. The Balaban J connectivity index is 1.88. The average Bonchev–Trinajstić information content (AvgIpc) is 3.11. The highest BCUT2D eigenvalue weighted by molar-refractivity contribution is 8.00. The number of hydrogen-bond donors (Lipinski definition) is 3. The van der Waals surface area contributed by atoms with Crippen molar-refractivity contribution in [1.29, 1.82) is 0 Å². The van der Waals surface area contributed by atoms with Crippen LogP contribution in [0.5, 0.6) is 5.88 Å². The molecule has 1 aromatic carbocycles. The van der Waals surface area contributed by atoms with Crippen LogP contribution in [0.2, 0.25) is 0 Å². The minimum Gasteiger partial charge on any atom is -0.481 e. The number of aryl methyl sites for hydroxylation is 1. The van der Waals surface area contributed by atoms with Crippen LogP contribution in [-0.4, -0.2) is 34.3 Å². The third-order valence-electron chi connectivity index (χ3n) is 3.97. The molecule has 3 N–H and O–H groups in total. The number of benzene rings is 1. The molecule has 140 valence electrons. The second-order valence-corrected chi connectivity index (χ2v) is 6.83. The number of carbonyl (C=O) groups is 1. The van der Waals surface area contributed by atoms with E-state index in [1.807, 2.05) is 31.2 Å². The lowest BCUT2D eigenvalue weighted by molar-refractivity contribution is 0.112. The Kier molecular flexibility index (Phi) is 5.97. The van der Waals surface area contributed by atoms with E-state index in [2.05, 4.69) is 32.1 Å². The van der Waals surface area contributed by atoms with Crippen molar-refractivity contribution in [3.05, 3.63) is 47.7 Å². The number of carbonyl (C=O) groups excluding carboxylic acids is 1. The SMILES string of the molecule is CCSNc1ccc(-c2[nH]nc(Nc3cc(OC)ncc3C)c2C=O)cc1. The first-order valence-electron chi connectivity index (χ1n) is 8.45. The van der Waals surface area contributed by atoms with E-state index in [9.17, 15) is 4.79 Å². The molecule has 8 heteroatoms. The summed E-state index contributed by atoms with van der Waals surface area (Å²) in [6.45, 7) is 4.00. The van der Waals surface area contributed by atoms with E-state index in [4.69, 9.17) is 4.74 Å². The van der Waals surface area contributed by atoms with E-state index in [0.717, 1.165) is 34.5 Å². The fourth-order valence-corrected chi connectivity index (χ4v) is 2.97. The summed E-state index contributed by atoms with van der Waals surface area (Å²) < 4.78 is 8.41. The highest BCUT2D eigenvalue weighted by Crippen LogP contribution is 2.30. The number of anilines is 3. The number of nitrogens with zero attached hydrogens (tertiary/aromatic N) is 2. The van der Waals surface area contributed by atoms with Crippen molar-refractivity contribution < 1.29 is 9.53 Å². The maximum absolute atomic E-state index is 11.7. The predicted octanol–water partition coefficient (Wildman–Crippen LogP) is 4.42. The van der Waals surface area contributed by atoms with E-state index in [1.165, 1.54) is 0 Å². The van der Waals surface area contributed by atoms with Crippen molar-refractivity contribution in [3.8, 4) is 17.1 Å². The smallest absolute Gasteiger partial charge is 0.215 e. The van der Waals surface area contributed by atoms with Gasteiger partial charge < -0.3 is 14.8 Å². The molecular weight excluding hydrogens is 362 g/mol. The number of rotatable bonds is 8. The Bertz CT molecular complexity index is 924. The van der Waals surface area contributed by atoms with Gasteiger partial charge in [0.15, 0.2) is 12.1 Å². The zero-order valence-electron chi connectivity index (χ0n) is 15.4. The predicted molar refractivity (Wildman–Crippen MR) is 110 cm³/mol. The summed E-state index contributed by atoms with van der Waals surface area (Å²) in [5.74, 6) is 1.92. The maximum Gasteiger partial charge on any atom is 0.215 e. The molecule has 0 bridgehead atoms. The molecule has 0 amide bonds. The minimum absolute atomic E-state index is 0.458. The number of ether oxygens (including phenoxy) is 1. The van der Waals surface area contributed by atoms with Gasteiger partial charge in [0.1, 0.15) is 0 Å². The molecule has 0 spiro atoms. The second kappa shape index (κ2) is 8.59. The molecule has 7 nitrogen and oxygen atoms in total. The Hall–Kier alpha value is -3.00. The van der Waals surface area contributed by atoms with E-state index < -0.39 is 0 Å². The second-order valence-electron chi connectivity index (χ2n) is 5.76. The number of aromatic nitrogens is 3. The van der Waals surface area contributed by atoms with Crippen molar-refractivity contribution in [2.45, 2.75) is 13.8 Å². The molecule has 0 fully saturated rings. The van der Waals surface area contributed by atoms with E-state index in [-0.39, 0.29) is 0 Å². The van der Waals surface area contributed by atoms with Crippen molar-refractivity contribution in [2.24, 2.45) is 0 Å². The molecule has 3 aromatic rings. The first-order valence-corrected chi connectivity index (χ1v) is 9.44. The molecule has 0 unspecified atom stereocenters. The summed E-state index contributed by atoms with van der Waals surface area (Å²) in [7, 11) is 1.56. The van der Waals surface area contributed by atoms with Gasteiger partial charge in [0.2, 0.25) is 5.88 Å². The van der Waals surface area contributed by atoms with Crippen molar-refractivity contribution >= 4 is 35.4 Å². The van der Waals surface area contributed by atoms with Gasteiger partial charge >= 0.3 is 0 Å². The van der Waals surface area contributed by atoms with Crippen LogP contribution in [-0.2, 0) is 0 Å². The number of nitrogens with one attached hydrogen (secondary N) is 3.